The van der Waals surface area contributed by atoms with Crippen molar-refractivity contribution in [1.29, 1.82) is 0 Å². The molecule has 2 nitrogen and oxygen atoms in total. The lowest BCUT2D eigenvalue weighted by Gasteiger charge is -1.96. The van der Waals surface area contributed by atoms with E-state index in [0.717, 1.165) is 11.3 Å². The van der Waals surface area contributed by atoms with Crippen LogP contribution < -0.4 is 0 Å². The van der Waals surface area contributed by atoms with Gasteiger partial charge in [-0.2, -0.15) is 0 Å². The summed E-state index contributed by atoms with van der Waals surface area (Å²) in [5.41, 5.74) is 1.68. The van der Waals surface area contributed by atoms with E-state index in [1.54, 1.807) is 18.2 Å². The number of benzene rings is 1. The Morgan fingerprint density at radius 3 is 2.71 bits per heavy atom. The SMILES string of the molecule is Cl.Oc1cccc(-c2csc(Cl)n2)c1. The maximum Gasteiger partial charge on any atom is 0.184 e. The molecule has 2 aromatic rings. The molecule has 0 amide bonds. The number of nitrogens with zero attached hydrogens (tertiary/aromatic N) is 1. The largest absolute Gasteiger partial charge is 0.508 e. The second-order valence-electron chi connectivity index (χ2n) is 2.54. The van der Waals surface area contributed by atoms with Crippen molar-refractivity contribution >= 4 is 35.3 Å². The van der Waals surface area contributed by atoms with E-state index in [1.807, 2.05) is 11.4 Å². The number of hydrogen-bond donors (Lipinski definition) is 1. The van der Waals surface area contributed by atoms with Crippen LogP contribution in [0.1, 0.15) is 0 Å². The molecule has 1 aromatic carbocycles. The topological polar surface area (TPSA) is 33.1 Å². The van der Waals surface area contributed by atoms with Gasteiger partial charge in [-0.3, -0.25) is 0 Å². The number of aromatic nitrogens is 1. The van der Waals surface area contributed by atoms with Crippen molar-refractivity contribution in [2.45, 2.75) is 0 Å². The highest BCUT2D eigenvalue weighted by molar-refractivity contribution is 7.14. The van der Waals surface area contributed by atoms with E-state index >= 15 is 0 Å². The second-order valence-corrected chi connectivity index (χ2v) is 3.98. The Balaban J connectivity index is 0.000000980. The Morgan fingerprint density at radius 1 is 1.36 bits per heavy atom. The fraction of sp³-hybridized carbons (Fsp3) is 0. The first-order valence-corrected chi connectivity index (χ1v) is 4.92. The van der Waals surface area contributed by atoms with Crippen LogP contribution in [0, 0.1) is 0 Å². The van der Waals surface area contributed by atoms with Gasteiger partial charge >= 0.3 is 0 Å². The van der Waals surface area contributed by atoms with Gasteiger partial charge in [0.1, 0.15) is 5.75 Å². The van der Waals surface area contributed by atoms with Crippen molar-refractivity contribution in [3.63, 3.8) is 0 Å². The smallest absolute Gasteiger partial charge is 0.184 e. The molecule has 1 aromatic heterocycles. The molecule has 1 N–H and O–H groups in total. The molecule has 0 fully saturated rings. The fourth-order valence-corrected chi connectivity index (χ4v) is 1.82. The third-order valence-corrected chi connectivity index (χ3v) is 2.60. The monoisotopic (exact) mass is 247 g/mol. The lowest BCUT2D eigenvalue weighted by atomic mass is 10.2. The van der Waals surface area contributed by atoms with Gasteiger partial charge in [-0.15, -0.1) is 23.7 Å². The van der Waals surface area contributed by atoms with E-state index in [9.17, 15) is 5.11 Å². The Hall–Kier alpha value is -0.770. The molecule has 5 heteroatoms. The molecule has 0 atom stereocenters. The number of phenols is 1. The van der Waals surface area contributed by atoms with Crippen LogP contribution in [-0.2, 0) is 0 Å². The average Bonchev–Trinajstić information content (AvgIpc) is 2.52. The minimum absolute atomic E-state index is 0. The maximum absolute atomic E-state index is 9.22. The van der Waals surface area contributed by atoms with Gasteiger partial charge in [-0.1, -0.05) is 23.7 Å². The molecule has 1 heterocycles. The first kappa shape index (κ1) is 11.3. The number of rotatable bonds is 1. The van der Waals surface area contributed by atoms with Gasteiger partial charge in [0.15, 0.2) is 4.47 Å². The lowest BCUT2D eigenvalue weighted by molar-refractivity contribution is 0.475. The first-order valence-electron chi connectivity index (χ1n) is 3.66. The number of hydrogen-bond acceptors (Lipinski definition) is 3. The van der Waals surface area contributed by atoms with E-state index in [0.29, 0.717) is 4.47 Å². The fourth-order valence-electron chi connectivity index (χ4n) is 1.05. The predicted octanol–water partition coefficient (Wildman–Crippen LogP) is 3.59. The van der Waals surface area contributed by atoms with Gasteiger partial charge < -0.3 is 5.11 Å². The van der Waals surface area contributed by atoms with Crippen LogP contribution in [0.3, 0.4) is 0 Å². The summed E-state index contributed by atoms with van der Waals surface area (Å²) in [5, 5.41) is 11.1. The third-order valence-electron chi connectivity index (χ3n) is 1.62. The van der Waals surface area contributed by atoms with E-state index in [4.69, 9.17) is 11.6 Å². The molecule has 0 bridgehead atoms. The summed E-state index contributed by atoms with van der Waals surface area (Å²) in [4.78, 5) is 4.09. The molecule has 0 radical (unpaired) electrons. The van der Waals surface area contributed by atoms with Crippen LogP contribution in [0.2, 0.25) is 4.47 Å². The summed E-state index contributed by atoms with van der Waals surface area (Å²) in [5.74, 6) is 0.238. The highest BCUT2D eigenvalue weighted by atomic mass is 35.5. The number of phenolic OH excluding ortho intramolecular Hbond substituents is 1. The van der Waals surface area contributed by atoms with Crippen LogP contribution >= 0.6 is 35.3 Å². The van der Waals surface area contributed by atoms with Crippen molar-refractivity contribution in [3.8, 4) is 17.0 Å². The first-order chi connectivity index (χ1) is 6.25. The van der Waals surface area contributed by atoms with Crippen LogP contribution in [-0.4, -0.2) is 10.1 Å². The van der Waals surface area contributed by atoms with Gasteiger partial charge in [-0.05, 0) is 12.1 Å². The summed E-state index contributed by atoms with van der Waals surface area (Å²) in [7, 11) is 0. The van der Waals surface area contributed by atoms with Crippen LogP contribution in [0.25, 0.3) is 11.3 Å². The number of halogens is 2. The molecule has 2 rings (SSSR count). The average molecular weight is 248 g/mol. The van der Waals surface area contributed by atoms with E-state index < -0.39 is 0 Å². The van der Waals surface area contributed by atoms with Gasteiger partial charge in [-0.25, -0.2) is 4.98 Å². The molecule has 14 heavy (non-hydrogen) atoms. The second kappa shape index (κ2) is 4.64. The highest BCUT2D eigenvalue weighted by Gasteiger charge is 2.02. The molecule has 0 spiro atoms. The Kier molecular flexibility index (Phi) is 3.75. The molecule has 74 valence electrons. The van der Waals surface area contributed by atoms with Gasteiger partial charge in [0.05, 0.1) is 5.69 Å². The Bertz CT molecular complexity index is 430. The molecule has 0 aliphatic carbocycles. The van der Waals surface area contributed by atoms with Crippen LogP contribution in [0.15, 0.2) is 29.6 Å². The molecular weight excluding hydrogens is 241 g/mol. The quantitative estimate of drug-likeness (QED) is 0.836. The normalized spacial score (nSPS) is 9.50. The Morgan fingerprint density at radius 2 is 2.14 bits per heavy atom. The Labute approximate surface area is 96.6 Å². The molecule has 0 saturated carbocycles. The van der Waals surface area contributed by atoms with Crippen LogP contribution in [0.5, 0.6) is 5.75 Å². The summed E-state index contributed by atoms with van der Waals surface area (Å²) < 4.78 is 0.512. The zero-order chi connectivity index (χ0) is 9.26. The molecule has 0 aliphatic heterocycles. The predicted molar refractivity (Wildman–Crippen MR) is 61.5 cm³/mol. The highest BCUT2D eigenvalue weighted by Crippen LogP contribution is 2.26. The van der Waals surface area contributed by atoms with Gasteiger partial charge in [0, 0.05) is 10.9 Å². The van der Waals surface area contributed by atoms with Crippen molar-refractivity contribution in [3.05, 3.63) is 34.1 Å². The third kappa shape index (κ3) is 2.38. The summed E-state index contributed by atoms with van der Waals surface area (Å²) in [6.07, 6.45) is 0. The summed E-state index contributed by atoms with van der Waals surface area (Å²) in [6.45, 7) is 0. The van der Waals surface area contributed by atoms with E-state index in [1.165, 1.54) is 11.3 Å². The standard InChI is InChI=1S/C9H6ClNOS.ClH/c10-9-11-8(5-13-9)6-2-1-3-7(12)4-6;/h1-5,12H;1H. The van der Waals surface area contributed by atoms with E-state index in [-0.39, 0.29) is 18.2 Å². The van der Waals surface area contributed by atoms with Crippen molar-refractivity contribution in [2.75, 3.05) is 0 Å². The zero-order valence-corrected chi connectivity index (χ0v) is 9.36. The molecule has 0 unspecified atom stereocenters. The molecular formula is C9H7Cl2NOS. The summed E-state index contributed by atoms with van der Waals surface area (Å²) in [6, 6.07) is 6.94. The summed E-state index contributed by atoms with van der Waals surface area (Å²) >= 11 is 7.07. The van der Waals surface area contributed by atoms with Gasteiger partial charge in [0.25, 0.3) is 0 Å². The minimum atomic E-state index is 0. The van der Waals surface area contributed by atoms with E-state index in [2.05, 4.69) is 4.98 Å². The number of aromatic hydroxyl groups is 1. The van der Waals surface area contributed by atoms with Crippen LogP contribution in [0.4, 0.5) is 0 Å². The maximum atomic E-state index is 9.22. The molecule has 0 aliphatic rings. The van der Waals surface area contributed by atoms with Crippen molar-refractivity contribution in [2.24, 2.45) is 0 Å². The minimum Gasteiger partial charge on any atom is -0.508 e. The molecule has 0 saturated heterocycles. The van der Waals surface area contributed by atoms with Gasteiger partial charge in [0.2, 0.25) is 0 Å². The number of thiazole rings is 1. The van der Waals surface area contributed by atoms with Crippen molar-refractivity contribution < 1.29 is 5.11 Å². The zero-order valence-electron chi connectivity index (χ0n) is 6.98. The lowest BCUT2D eigenvalue weighted by Crippen LogP contribution is -1.75. The van der Waals surface area contributed by atoms with Crippen molar-refractivity contribution in [1.82, 2.24) is 4.98 Å².